The van der Waals surface area contributed by atoms with Crippen LogP contribution in [0.5, 0.6) is 11.5 Å². The fourth-order valence-electron chi connectivity index (χ4n) is 2.16. The Morgan fingerprint density at radius 1 is 1.05 bits per heavy atom. The summed E-state index contributed by atoms with van der Waals surface area (Å²) in [5.74, 6) is 1.05. The first-order valence-electron chi connectivity index (χ1n) is 7.27. The number of nitrogens with one attached hydrogen (secondary N) is 1. The van der Waals surface area contributed by atoms with Crippen molar-refractivity contribution in [1.82, 2.24) is 5.32 Å². The largest absolute Gasteiger partial charge is 0.493 e. The Hall–Kier alpha value is -2.49. The highest BCUT2D eigenvalue weighted by molar-refractivity contribution is 5.77. The molecule has 0 spiro atoms. The summed E-state index contributed by atoms with van der Waals surface area (Å²) in [6.45, 7) is 2.65. The van der Waals surface area contributed by atoms with Crippen molar-refractivity contribution >= 4 is 5.91 Å². The lowest BCUT2D eigenvalue weighted by atomic mass is 10.1. The molecular weight excluding hydrogens is 278 g/mol. The fourth-order valence-corrected chi connectivity index (χ4v) is 2.16. The number of hydrogen-bond acceptors (Lipinski definition) is 3. The number of rotatable bonds is 7. The van der Waals surface area contributed by atoms with Gasteiger partial charge in [0.15, 0.2) is 18.1 Å². The predicted octanol–water partition coefficient (Wildman–Crippen LogP) is 2.74. The molecule has 0 unspecified atom stereocenters. The molecule has 0 bridgehead atoms. The third-order valence-electron chi connectivity index (χ3n) is 3.41. The molecule has 0 aliphatic rings. The maximum atomic E-state index is 11.8. The van der Waals surface area contributed by atoms with Crippen molar-refractivity contribution in [2.24, 2.45) is 0 Å². The molecule has 0 fully saturated rings. The van der Waals surface area contributed by atoms with Crippen LogP contribution in [0.4, 0.5) is 0 Å². The quantitative estimate of drug-likeness (QED) is 0.855. The van der Waals surface area contributed by atoms with E-state index in [2.05, 4.69) is 24.4 Å². The standard InChI is InChI=1S/C18H21NO3/c1-14-7-3-4-8-15(14)11-12-19-18(20)13-22-17-10-6-5-9-16(17)21-2/h3-10H,11-13H2,1-2H3,(H,19,20). The van der Waals surface area contributed by atoms with E-state index in [9.17, 15) is 4.79 Å². The topological polar surface area (TPSA) is 47.6 Å². The van der Waals surface area contributed by atoms with E-state index >= 15 is 0 Å². The molecule has 0 aromatic heterocycles. The van der Waals surface area contributed by atoms with Crippen LogP contribution >= 0.6 is 0 Å². The van der Waals surface area contributed by atoms with Crippen molar-refractivity contribution in [3.63, 3.8) is 0 Å². The summed E-state index contributed by atoms with van der Waals surface area (Å²) in [4.78, 5) is 11.8. The minimum Gasteiger partial charge on any atom is -0.493 e. The number of para-hydroxylation sites is 2. The van der Waals surface area contributed by atoms with Crippen LogP contribution in [0.15, 0.2) is 48.5 Å². The number of methoxy groups -OCH3 is 1. The number of ether oxygens (including phenoxy) is 2. The summed E-state index contributed by atoms with van der Waals surface area (Å²) in [7, 11) is 1.57. The zero-order chi connectivity index (χ0) is 15.8. The van der Waals surface area contributed by atoms with Crippen LogP contribution in [0.2, 0.25) is 0 Å². The SMILES string of the molecule is COc1ccccc1OCC(=O)NCCc1ccccc1C. The molecule has 4 nitrogen and oxygen atoms in total. The predicted molar refractivity (Wildman–Crippen MR) is 86.4 cm³/mol. The molecule has 1 N–H and O–H groups in total. The average Bonchev–Trinajstić information content (AvgIpc) is 2.55. The molecule has 4 heteroatoms. The van der Waals surface area contributed by atoms with Gasteiger partial charge in [-0.2, -0.15) is 0 Å². The van der Waals surface area contributed by atoms with E-state index in [0.29, 0.717) is 18.0 Å². The minimum absolute atomic E-state index is 0.0197. The van der Waals surface area contributed by atoms with E-state index in [1.165, 1.54) is 11.1 Å². The Bertz CT molecular complexity index is 625. The first-order valence-corrected chi connectivity index (χ1v) is 7.27. The number of carbonyl (C=O) groups is 1. The molecule has 0 atom stereocenters. The second kappa shape index (κ2) is 8.08. The van der Waals surface area contributed by atoms with Gasteiger partial charge in [0.1, 0.15) is 0 Å². The third-order valence-corrected chi connectivity index (χ3v) is 3.41. The summed E-state index contributed by atoms with van der Waals surface area (Å²) in [6.07, 6.45) is 0.813. The van der Waals surface area contributed by atoms with E-state index in [0.717, 1.165) is 6.42 Å². The summed E-state index contributed by atoms with van der Waals surface area (Å²) >= 11 is 0. The van der Waals surface area contributed by atoms with Crippen molar-refractivity contribution in [1.29, 1.82) is 0 Å². The lowest BCUT2D eigenvalue weighted by Crippen LogP contribution is -2.30. The van der Waals surface area contributed by atoms with Crippen molar-refractivity contribution in [2.45, 2.75) is 13.3 Å². The van der Waals surface area contributed by atoms with Crippen LogP contribution in [-0.4, -0.2) is 26.2 Å². The molecule has 0 radical (unpaired) electrons. The van der Waals surface area contributed by atoms with E-state index in [1.54, 1.807) is 19.2 Å². The first-order chi connectivity index (χ1) is 10.7. The second-order valence-electron chi connectivity index (χ2n) is 4.97. The Morgan fingerprint density at radius 3 is 2.45 bits per heavy atom. The van der Waals surface area contributed by atoms with Gasteiger partial charge in [-0.25, -0.2) is 0 Å². The fraction of sp³-hybridized carbons (Fsp3) is 0.278. The van der Waals surface area contributed by atoms with Crippen molar-refractivity contribution < 1.29 is 14.3 Å². The van der Waals surface area contributed by atoms with Gasteiger partial charge in [0.05, 0.1) is 7.11 Å². The van der Waals surface area contributed by atoms with Crippen molar-refractivity contribution in [2.75, 3.05) is 20.3 Å². The maximum absolute atomic E-state index is 11.8. The van der Waals surface area contributed by atoms with Crippen LogP contribution in [0.3, 0.4) is 0 Å². The van der Waals surface area contributed by atoms with Gasteiger partial charge < -0.3 is 14.8 Å². The highest BCUT2D eigenvalue weighted by Gasteiger charge is 2.06. The number of aryl methyl sites for hydroxylation is 1. The van der Waals surface area contributed by atoms with E-state index < -0.39 is 0 Å². The van der Waals surface area contributed by atoms with Crippen LogP contribution < -0.4 is 14.8 Å². The molecule has 0 saturated heterocycles. The van der Waals surface area contributed by atoms with Gasteiger partial charge in [0.2, 0.25) is 0 Å². The Morgan fingerprint density at radius 2 is 1.73 bits per heavy atom. The van der Waals surface area contributed by atoms with Gasteiger partial charge in [-0.15, -0.1) is 0 Å². The molecule has 0 aliphatic carbocycles. The summed E-state index contributed by atoms with van der Waals surface area (Å²) < 4.78 is 10.7. The summed E-state index contributed by atoms with van der Waals surface area (Å²) in [5, 5.41) is 2.86. The number of amides is 1. The monoisotopic (exact) mass is 299 g/mol. The van der Waals surface area contributed by atoms with Gasteiger partial charge >= 0.3 is 0 Å². The molecule has 0 aliphatic heterocycles. The molecule has 1 amide bonds. The number of carbonyl (C=O) groups excluding carboxylic acids is 1. The average molecular weight is 299 g/mol. The highest BCUT2D eigenvalue weighted by Crippen LogP contribution is 2.25. The Balaban J connectivity index is 1.75. The van der Waals surface area contributed by atoms with E-state index in [1.807, 2.05) is 24.3 Å². The van der Waals surface area contributed by atoms with E-state index in [4.69, 9.17) is 9.47 Å². The number of hydrogen-bond donors (Lipinski definition) is 1. The van der Waals surface area contributed by atoms with Crippen LogP contribution in [-0.2, 0) is 11.2 Å². The first kappa shape index (κ1) is 15.9. The van der Waals surface area contributed by atoms with Gasteiger partial charge in [-0.1, -0.05) is 36.4 Å². The molecule has 22 heavy (non-hydrogen) atoms. The molecule has 116 valence electrons. The molecule has 2 rings (SSSR count). The number of benzene rings is 2. The van der Waals surface area contributed by atoms with Crippen LogP contribution in [0.1, 0.15) is 11.1 Å². The minimum atomic E-state index is -0.139. The van der Waals surface area contributed by atoms with Crippen LogP contribution in [0.25, 0.3) is 0 Å². The second-order valence-corrected chi connectivity index (χ2v) is 4.97. The molecule has 0 heterocycles. The lowest BCUT2D eigenvalue weighted by molar-refractivity contribution is -0.123. The zero-order valence-corrected chi connectivity index (χ0v) is 13.0. The van der Waals surface area contributed by atoms with Gasteiger partial charge in [0, 0.05) is 6.54 Å². The van der Waals surface area contributed by atoms with E-state index in [-0.39, 0.29) is 12.5 Å². The lowest BCUT2D eigenvalue weighted by Gasteiger charge is -2.11. The smallest absolute Gasteiger partial charge is 0.257 e. The Kier molecular flexibility index (Phi) is 5.83. The van der Waals surface area contributed by atoms with Gasteiger partial charge in [-0.05, 0) is 36.6 Å². The molecule has 2 aromatic rings. The molecule has 0 saturated carbocycles. The van der Waals surface area contributed by atoms with Crippen molar-refractivity contribution in [3.8, 4) is 11.5 Å². The normalized spacial score (nSPS) is 10.1. The highest BCUT2D eigenvalue weighted by atomic mass is 16.5. The van der Waals surface area contributed by atoms with Gasteiger partial charge in [-0.3, -0.25) is 4.79 Å². The zero-order valence-electron chi connectivity index (χ0n) is 13.0. The summed E-state index contributed by atoms with van der Waals surface area (Å²) in [5.41, 5.74) is 2.48. The van der Waals surface area contributed by atoms with Gasteiger partial charge in [0.25, 0.3) is 5.91 Å². The third kappa shape index (κ3) is 4.52. The van der Waals surface area contributed by atoms with Crippen molar-refractivity contribution in [3.05, 3.63) is 59.7 Å². The molecule has 2 aromatic carbocycles. The summed E-state index contributed by atoms with van der Waals surface area (Å²) in [6, 6.07) is 15.4. The maximum Gasteiger partial charge on any atom is 0.257 e. The Labute approximate surface area is 131 Å². The van der Waals surface area contributed by atoms with Crippen LogP contribution in [0, 0.1) is 6.92 Å². The molecular formula is C18H21NO3.